The van der Waals surface area contributed by atoms with Gasteiger partial charge in [0.05, 0.1) is 0 Å². The van der Waals surface area contributed by atoms with Crippen LogP contribution in [-0.4, -0.2) is 4.98 Å². The molecular formula is C41H50Cl2F3N. The first-order valence-electron chi connectivity index (χ1n) is 15.6. The van der Waals surface area contributed by atoms with Crippen molar-refractivity contribution >= 4 is 23.2 Å². The number of benzene rings is 4. The van der Waals surface area contributed by atoms with Crippen molar-refractivity contribution in [3.63, 3.8) is 0 Å². The van der Waals surface area contributed by atoms with Gasteiger partial charge in [0.1, 0.15) is 5.69 Å². The van der Waals surface area contributed by atoms with E-state index in [1.54, 1.807) is 6.92 Å². The largest absolute Gasteiger partial charge is 0.433 e. The molecule has 1 nitrogen and oxygen atoms in total. The van der Waals surface area contributed by atoms with Crippen LogP contribution in [0.5, 0.6) is 0 Å². The van der Waals surface area contributed by atoms with Crippen LogP contribution in [0.4, 0.5) is 13.2 Å². The van der Waals surface area contributed by atoms with Gasteiger partial charge in [-0.25, -0.2) is 0 Å². The molecule has 0 aliphatic carbocycles. The molecule has 5 aromatic rings. The van der Waals surface area contributed by atoms with Crippen molar-refractivity contribution < 1.29 is 13.2 Å². The Kier molecular flexibility index (Phi) is 22.7. The summed E-state index contributed by atoms with van der Waals surface area (Å²) < 4.78 is 35.7. The van der Waals surface area contributed by atoms with E-state index < -0.39 is 11.9 Å². The zero-order chi connectivity index (χ0) is 35.8. The molecule has 0 fully saturated rings. The van der Waals surface area contributed by atoms with Crippen LogP contribution in [0.2, 0.25) is 10.0 Å². The van der Waals surface area contributed by atoms with Gasteiger partial charge in [0.25, 0.3) is 0 Å². The van der Waals surface area contributed by atoms with Gasteiger partial charge in [-0.3, -0.25) is 4.98 Å². The molecule has 254 valence electrons. The Morgan fingerprint density at radius 3 is 1.28 bits per heavy atom. The molecule has 1 aromatic heterocycles. The second-order valence-electron chi connectivity index (χ2n) is 11.1. The molecule has 0 atom stereocenters. The van der Waals surface area contributed by atoms with E-state index in [9.17, 15) is 13.2 Å². The fraction of sp³-hybridized carbons (Fsp3) is 0.293. The highest BCUT2D eigenvalue weighted by Crippen LogP contribution is 2.27. The second-order valence-corrected chi connectivity index (χ2v) is 11.9. The summed E-state index contributed by atoms with van der Waals surface area (Å²) in [6, 6.07) is 35.1. The molecular weight excluding hydrogens is 634 g/mol. The fourth-order valence-electron chi connectivity index (χ4n) is 3.17. The van der Waals surface area contributed by atoms with Crippen molar-refractivity contribution in [3.05, 3.63) is 170 Å². The summed E-state index contributed by atoms with van der Waals surface area (Å²) in [5, 5.41) is 1.67. The lowest BCUT2D eigenvalue weighted by Gasteiger charge is -2.04. The first kappa shape index (κ1) is 43.4. The molecule has 0 saturated heterocycles. The third kappa shape index (κ3) is 23.4. The van der Waals surface area contributed by atoms with Crippen LogP contribution in [0.1, 0.15) is 71.3 Å². The number of hydrogen-bond acceptors (Lipinski definition) is 1. The molecule has 1 heterocycles. The first-order valence-corrected chi connectivity index (χ1v) is 16.3. The van der Waals surface area contributed by atoms with Gasteiger partial charge in [-0.2, -0.15) is 13.2 Å². The van der Waals surface area contributed by atoms with Crippen LogP contribution in [0, 0.1) is 48.5 Å². The zero-order valence-corrected chi connectivity index (χ0v) is 30.7. The van der Waals surface area contributed by atoms with Crippen LogP contribution in [0.15, 0.2) is 115 Å². The van der Waals surface area contributed by atoms with Crippen LogP contribution < -0.4 is 0 Å². The average molecular weight is 685 g/mol. The Balaban J connectivity index is 0.000000551. The molecule has 6 heteroatoms. The lowest BCUT2D eigenvalue weighted by molar-refractivity contribution is -0.141. The predicted molar refractivity (Wildman–Crippen MR) is 199 cm³/mol. The van der Waals surface area contributed by atoms with Gasteiger partial charge in [0, 0.05) is 16.2 Å². The number of nitrogens with zero attached hydrogens (tertiary/aromatic N) is 1. The van der Waals surface area contributed by atoms with Crippen LogP contribution in [0.25, 0.3) is 0 Å². The third-order valence-corrected chi connectivity index (χ3v) is 6.81. The maximum atomic E-state index is 11.9. The second kappa shape index (κ2) is 24.6. The summed E-state index contributed by atoms with van der Waals surface area (Å²) in [6.45, 7) is 18.3. The molecule has 0 N–H and O–H groups in total. The van der Waals surface area contributed by atoms with E-state index >= 15 is 0 Å². The molecule has 47 heavy (non-hydrogen) atoms. The zero-order valence-electron chi connectivity index (χ0n) is 29.2. The highest BCUT2D eigenvalue weighted by Gasteiger charge is 2.32. The summed E-state index contributed by atoms with van der Waals surface area (Å²) in [7, 11) is 0. The quantitative estimate of drug-likeness (QED) is 0.171. The molecule has 0 bridgehead atoms. The minimum atomic E-state index is -4.33. The Hall–Kier alpha value is -3.60. The monoisotopic (exact) mass is 683 g/mol. The SMILES string of the molecule is CCCC.Cc1ccc(C)c(Cl)c1.Cc1ccc(C)cc1.Cc1cccc(Cl)c1.Cc1ccccc1.Cc1ccnc(C(F)(F)F)c1. The van der Waals surface area contributed by atoms with Crippen LogP contribution >= 0.6 is 23.2 Å². The van der Waals surface area contributed by atoms with E-state index in [-0.39, 0.29) is 0 Å². The number of rotatable bonds is 1. The maximum Gasteiger partial charge on any atom is 0.433 e. The number of hydrogen-bond donors (Lipinski definition) is 0. The smallest absolute Gasteiger partial charge is 0.252 e. The molecule has 4 aromatic carbocycles. The third-order valence-electron chi connectivity index (χ3n) is 6.17. The van der Waals surface area contributed by atoms with E-state index in [1.807, 2.05) is 75.4 Å². The summed E-state index contributed by atoms with van der Waals surface area (Å²) in [5.41, 5.74) is 7.27. The van der Waals surface area contributed by atoms with E-state index in [4.69, 9.17) is 23.2 Å². The number of alkyl halides is 3. The van der Waals surface area contributed by atoms with Crippen molar-refractivity contribution in [1.29, 1.82) is 0 Å². The Morgan fingerprint density at radius 1 is 0.511 bits per heavy atom. The van der Waals surface area contributed by atoms with Gasteiger partial charge in [-0.15, -0.1) is 0 Å². The van der Waals surface area contributed by atoms with Crippen molar-refractivity contribution in [2.45, 2.75) is 81.3 Å². The summed E-state index contributed by atoms with van der Waals surface area (Å²) in [6.07, 6.45) is -0.538. The fourth-order valence-corrected chi connectivity index (χ4v) is 3.65. The molecule has 0 aliphatic rings. The highest BCUT2D eigenvalue weighted by atomic mass is 35.5. The first-order chi connectivity index (χ1) is 22.1. The van der Waals surface area contributed by atoms with Crippen molar-refractivity contribution in [2.24, 2.45) is 0 Å². The highest BCUT2D eigenvalue weighted by molar-refractivity contribution is 6.31. The number of pyridine rings is 1. The maximum absolute atomic E-state index is 11.9. The number of aryl methyl sites for hydroxylation is 7. The normalized spacial score (nSPS) is 9.66. The number of unbranched alkanes of at least 4 members (excludes halogenated alkanes) is 1. The van der Waals surface area contributed by atoms with Crippen molar-refractivity contribution in [3.8, 4) is 0 Å². The van der Waals surface area contributed by atoms with E-state index in [0.717, 1.165) is 27.9 Å². The average Bonchev–Trinajstić information content (AvgIpc) is 3.02. The summed E-state index contributed by atoms with van der Waals surface area (Å²) in [4.78, 5) is 3.19. The lowest BCUT2D eigenvalue weighted by Crippen LogP contribution is -2.07. The number of halogens is 5. The van der Waals surface area contributed by atoms with Crippen molar-refractivity contribution in [2.75, 3.05) is 0 Å². The van der Waals surface area contributed by atoms with Crippen molar-refractivity contribution in [1.82, 2.24) is 4.98 Å². The predicted octanol–water partition coefficient (Wildman–Crippen LogP) is 14.1. The standard InChI is InChI=1S/C8H9Cl.C8H10.C7H7Cl.C7H6F3N.C7H8.C4H10/c1-6-3-4-7(2)8(9)5-6;1-7-3-5-8(2)6-4-7;1-6-3-2-4-7(8)5-6;1-5-2-3-11-6(4-5)7(8,9)10;1-7-5-3-2-4-6-7;1-3-4-2/h3-5H,1-2H3;3-6H,1-2H3;2-5H,1H3;2-4H,1H3;2-6H,1H3;3-4H2,1-2H3. The van der Waals surface area contributed by atoms with Crippen LogP contribution in [0.3, 0.4) is 0 Å². The van der Waals surface area contributed by atoms with Crippen LogP contribution in [-0.2, 0) is 6.18 Å². The molecule has 0 saturated carbocycles. The molecule has 0 aliphatic heterocycles. The number of aromatic nitrogens is 1. The Morgan fingerprint density at radius 2 is 0.957 bits per heavy atom. The summed E-state index contributed by atoms with van der Waals surface area (Å²) >= 11 is 11.5. The summed E-state index contributed by atoms with van der Waals surface area (Å²) in [5.74, 6) is 0. The van der Waals surface area contributed by atoms with E-state index in [2.05, 4.69) is 82.1 Å². The van der Waals surface area contributed by atoms with E-state index in [1.165, 1.54) is 46.7 Å². The minimum Gasteiger partial charge on any atom is -0.252 e. The minimum absolute atomic E-state index is 0.562. The topological polar surface area (TPSA) is 12.9 Å². The van der Waals surface area contributed by atoms with E-state index in [0.29, 0.717) is 5.56 Å². The van der Waals surface area contributed by atoms with Gasteiger partial charge in [0.15, 0.2) is 0 Å². The lowest BCUT2D eigenvalue weighted by atomic mass is 10.2. The molecule has 0 unspecified atom stereocenters. The van der Waals surface area contributed by atoms with Gasteiger partial charge in [-0.1, -0.05) is 145 Å². The Labute approximate surface area is 291 Å². The van der Waals surface area contributed by atoms with Gasteiger partial charge >= 0.3 is 6.18 Å². The van der Waals surface area contributed by atoms with Gasteiger partial charge in [0.2, 0.25) is 0 Å². The van der Waals surface area contributed by atoms with Gasteiger partial charge in [-0.05, 0) is 101 Å². The molecule has 5 rings (SSSR count). The molecule has 0 amide bonds. The molecule has 0 spiro atoms. The Bertz CT molecular complexity index is 1480. The van der Waals surface area contributed by atoms with Gasteiger partial charge < -0.3 is 0 Å². The molecule has 0 radical (unpaired) electrons.